The van der Waals surface area contributed by atoms with Crippen molar-refractivity contribution in [1.82, 2.24) is 15.1 Å². The molecule has 8 heteroatoms. The molecule has 1 unspecified atom stereocenters. The number of ether oxygens (including phenoxy) is 1. The first kappa shape index (κ1) is 25.5. The first-order valence-electron chi connectivity index (χ1n) is 11.3. The molecule has 0 aliphatic carbocycles. The minimum atomic E-state index is -0.545. The van der Waals surface area contributed by atoms with Crippen LogP contribution in [0.25, 0.3) is 6.08 Å². The van der Waals surface area contributed by atoms with E-state index in [0.717, 1.165) is 12.8 Å². The molecule has 0 saturated carbocycles. The first-order valence-corrected chi connectivity index (χ1v) is 11.3. The maximum atomic E-state index is 12.6. The number of nitrogens with one attached hydrogen (secondary N) is 1. The van der Waals surface area contributed by atoms with Crippen LogP contribution in [0.1, 0.15) is 59.6 Å². The Morgan fingerprint density at radius 2 is 2.09 bits per heavy atom. The third-order valence-corrected chi connectivity index (χ3v) is 5.16. The molecular formula is C24H37N3O5. The van der Waals surface area contributed by atoms with E-state index < -0.39 is 5.60 Å². The highest BCUT2D eigenvalue weighted by molar-refractivity contribution is 5.91. The topological polar surface area (TPSA) is 92.1 Å². The number of nitrogens with zero attached hydrogens (tertiary/aromatic N) is 2. The van der Waals surface area contributed by atoms with Gasteiger partial charge in [0, 0.05) is 44.7 Å². The van der Waals surface area contributed by atoms with Crippen molar-refractivity contribution in [2.45, 2.75) is 65.5 Å². The molecule has 2 rings (SSSR count). The molecule has 8 nitrogen and oxygen atoms in total. The Kier molecular flexibility index (Phi) is 9.35. The molecule has 0 aromatic carbocycles. The lowest BCUT2D eigenvalue weighted by atomic mass is 9.96. The number of likely N-dealkylation sites (tertiary alicyclic amines) is 1. The molecule has 178 valence electrons. The Morgan fingerprint density at radius 3 is 2.72 bits per heavy atom. The van der Waals surface area contributed by atoms with Crippen LogP contribution < -0.4 is 5.32 Å². The summed E-state index contributed by atoms with van der Waals surface area (Å²) in [5, 5.41) is 2.73. The van der Waals surface area contributed by atoms with E-state index in [1.54, 1.807) is 23.1 Å². The highest BCUT2D eigenvalue weighted by Gasteiger charge is 2.30. The van der Waals surface area contributed by atoms with Crippen LogP contribution in [0.4, 0.5) is 4.79 Å². The summed E-state index contributed by atoms with van der Waals surface area (Å²) in [5.41, 5.74) is -0.545. The van der Waals surface area contributed by atoms with E-state index in [9.17, 15) is 14.4 Å². The minimum Gasteiger partial charge on any atom is -0.465 e. The normalized spacial score (nSPS) is 16.9. The summed E-state index contributed by atoms with van der Waals surface area (Å²) in [7, 11) is 0. The number of hydrogen-bond donors (Lipinski definition) is 1. The van der Waals surface area contributed by atoms with E-state index in [0.29, 0.717) is 25.4 Å². The Bertz CT molecular complexity index is 780. The monoisotopic (exact) mass is 447 g/mol. The second kappa shape index (κ2) is 11.7. The second-order valence-corrected chi connectivity index (χ2v) is 9.46. The number of furan rings is 1. The lowest BCUT2D eigenvalue weighted by Crippen LogP contribution is -2.48. The molecule has 1 fully saturated rings. The molecule has 1 aromatic rings. The van der Waals surface area contributed by atoms with Gasteiger partial charge in [-0.05, 0) is 71.6 Å². The largest absolute Gasteiger partial charge is 0.465 e. The van der Waals surface area contributed by atoms with Gasteiger partial charge < -0.3 is 24.3 Å². The van der Waals surface area contributed by atoms with Gasteiger partial charge in [-0.15, -0.1) is 0 Å². The zero-order valence-electron chi connectivity index (χ0n) is 19.9. The highest BCUT2D eigenvalue weighted by Crippen LogP contribution is 2.21. The summed E-state index contributed by atoms with van der Waals surface area (Å²) in [6.45, 7) is 11.7. The van der Waals surface area contributed by atoms with Crippen molar-refractivity contribution in [2.24, 2.45) is 5.92 Å². The van der Waals surface area contributed by atoms with Crippen molar-refractivity contribution in [2.75, 3.05) is 26.2 Å². The van der Waals surface area contributed by atoms with Crippen LogP contribution in [-0.4, -0.2) is 65.5 Å². The quantitative estimate of drug-likeness (QED) is 0.614. The number of amides is 3. The van der Waals surface area contributed by atoms with Gasteiger partial charge >= 0.3 is 6.09 Å². The average Bonchev–Trinajstić information content (AvgIpc) is 3.22. The van der Waals surface area contributed by atoms with Gasteiger partial charge in [0.25, 0.3) is 0 Å². The SMILES string of the molecule is CC(C)N(CC1CCCN(C(=O)CCNC(=O)/C=C/c2ccco2)C1)C(=O)OC(C)(C)C. The van der Waals surface area contributed by atoms with E-state index in [1.165, 1.54) is 12.3 Å². The second-order valence-electron chi connectivity index (χ2n) is 9.46. The zero-order valence-corrected chi connectivity index (χ0v) is 19.9. The van der Waals surface area contributed by atoms with Crippen molar-refractivity contribution in [3.8, 4) is 0 Å². The zero-order chi connectivity index (χ0) is 23.7. The van der Waals surface area contributed by atoms with Crippen molar-refractivity contribution in [1.29, 1.82) is 0 Å². The predicted molar refractivity (Wildman–Crippen MR) is 123 cm³/mol. The van der Waals surface area contributed by atoms with Gasteiger partial charge in [-0.3, -0.25) is 9.59 Å². The molecule has 1 N–H and O–H groups in total. The maximum absolute atomic E-state index is 12.6. The molecule has 0 spiro atoms. The van der Waals surface area contributed by atoms with Crippen molar-refractivity contribution >= 4 is 24.0 Å². The number of carbonyl (C=O) groups excluding carboxylic acids is 3. The van der Waals surface area contributed by atoms with Gasteiger partial charge in [0.2, 0.25) is 11.8 Å². The van der Waals surface area contributed by atoms with E-state index in [1.807, 2.05) is 39.5 Å². The maximum Gasteiger partial charge on any atom is 0.410 e. The molecule has 1 saturated heterocycles. The van der Waals surface area contributed by atoms with E-state index >= 15 is 0 Å². The summed E-state index contributed by atoms with van der Waals surface area (Å²) >= 11 is 0. The summed E-state index contributed by atoms with van der Waals surface area (Å²) in [6, 6.07) is 3.51. The molecule has 2 heterocycles. The molecule has 32 heavy (non-hydrogen) atoms. The standard InChI is InChI=1S/C24H37N3O5/c1-18(2)27(23(30)32-24(3,4)5)17-19-8-6-14-26(16-19)22(29)12-13-25-21(28)11-10-20-9-7-15-31-20/h7,9-11,15,18-19H,6,8,12-14,16-17H2,1-5H3,(H,25,28)/b11-10+. The van der Waals surface area contributed by atoms with Gasteiger partial charge in [0.15, 0.2) is 0 Å². The van der Waals surface area contributed by atoms with Crippen molar-refractivity contribution in [3.63, 3.8) is 0 Å². The Morgan fingerprint density at radius 1 is 1.34 bits per heavy atom. The Labute approximate surface area is 190 Å². The lowest BCUT2D eigenvalue weighted by Gasteiger charge is -2.37. The van der Waals surface area contributed by atoms with Crippen molar-refractivity contribution < 1.29 is 23.5 Å². The van der Waals surface area contributed by atoms with E-state index in [4.69, 9.17) is 9.15 Å². The van der Waals surface area contributed by atoms with E-state index in [2.05, 4.69) is 5.32 Å². The number of hydrogen-bond acceptors (Lipinski definition) is 5. The lowest BCUT2D eigenvalue weighted by molar-refractivity contribution is -0.133. The molecule has 1 aliphatic rings. The number of rotatable bonds is 8. The third-order valence-electron chi connectivity index (χ3n) is 5.16. The Hall–Kier alpha value is -2.77. The summed E-state index contributed by atoms with van der Waals surface area (Å²) < 4.78 is 10.7. The summed E-state index contributed by atoms with van der Waals surface area (Å²) in [6.07, 6.45) is 6.29. The van der Waals surface area contributed by atoms with Crippen molar-refractivity contribution in [3.05, 3.63) is 30.2 Å². The molecular weight excluding hydrogens is 410 g/mol. The number of carbonyl (C=O) groups is 3. The van der Waals surface area contributed by atoms with Crippen LogP contribution in [0.15, 0.2) is 28.9 Å². The van der Waals surface area contributed by atoms with Crippen LogP contribution in [0, 0.1) is 5.92 Å². The predicted octanol–water partition coefficient (Wildman–Crippen LogP) is 3.68. The molecule has 0 bridgehead atoms. The van der Waals surface area contributed by atoms with E-state index in [-0.39, 0.29) is 42.8 Å². The average molecular weight is 448 g/mol. The Balaban J connectivity index is 1.79. The van der Waals surface area contributed by atoms with Crippen LogP contribution >= 0.6 is 0 Å². The van der Waals surface area contributed by atoms with Crippen LogP contribution in [-0.2, 0) is 14.3 Å². The first-order chi connectivity index (χ1) is 15.0. The van der Waals surface area contributed by atoms with Gasteiger partial charge in [0.05, 0.1) is 6.26 Å². The number of piperidine rings is 1. The molecule has 1 aliphatic heterocycles. The molecule has 1 aromatic heterocycles. The van der Waals surface area contributed by atoms with Gasteiger partial charge in [0.1, 0.15) is 11.4 Å². The summed E-state index contributed by atoms with van der Waals surface area (Å²) in [5.74, 6) is 0.542. The molecule has 1 atom stereocenters. The van der Waals surface area contributed by atoms with Gasteiger partial charge in [-0.25, -0.2) is 4.79 Å². The third kappa shape index (κ3) is 8.77. The fourth-order valence-corrected chi connectivity index (χ4v) is 3.59. The minimum absolute atomic E-state index is 0.0124. The van der Waals surface area contributed by atoms with Gasteiger partial charge in [-0.1, -0.05) is 0 Å². The highest BCUT2D eigenvalue weighted by atomic mass is 16.6. The fraction of sp³-hybridized carbons (Fsp3) is 0.625. The van der Waals surface area contributed by atoms with Gasteiger partial charge in [-0.2, -0.15) is 0 Å². The summed E-state index contributed by atoms with van der Waals surface area (Å²) in [4.78, 5) is 40.7. The smallest absolute Gasteiger partial charge is 0.410 e. The molecule has 3 amide bonds. The van der Waals surface area contributed by atoms with Crippen LogP contribution in [0.2, 0.25) is 0 Å². The molecule has 0 radical (unpaired) electrons. The van der Waals surface area contributed by atoms with Crippen LogP contribution in [0.3, 0.4) is 0 Å². The van der Waals surface area contributed by atoms with Crippen LogP contribution in [0.5, 0.6) is 0 Å². The fourth-order valence-electron chi connectivity index (χ4n) is 3.59.